The lowest BCUT2D eigenvalue weighted by atomic mass is 9.99. The van der Waals surface area contributed by atoms with E-state index in [1.54, 1.807) is 12.1 Å². The van der Waals surface area contributed by atoms with Crippen LogP contribution < -0.4 is 5.32 Å². The van der Waals surface area contributed by atoms with E-state index >= 15 is 0 Å². The van der Waals surface area contributed by atoms with E-state index in [2.05, 4.69) is 5.32 Å². The number of halogens is 1. The maximum atomic E-state index is 11.9. The summed E-state index contributed by atoms with van der Waals surface area (Å²) in [5.41, 5.74) is -0.674. The number of amides is 1. The van der Waals surface area contributed by atoms with E-state index in [-0.39, 0.29) is 12.5 Å². The van der Waals surface area contributed by atoms with Crippen LogP contribution in [0.15, 0.2) is 23.1 Å². The van der Waals surface area contributed by atoms with Gasteiger partial charge in [0.25, 0.3) is 0 Å². The number of carbonyl (C=O) groups is 5. The van der Waals surface area contributed by atoms with E-state index in [0.717, 1.165) is 32.5 Å². The molecule has 0 unspecified atom stereocenters. The number of carbonyl (C=O) groups excluding carboxylic acids is 5. The van der Waals surface area contributed by atoms with Crippen molar-refractivity contribution >= 4 is 58.8 Å². The molecule has 0 spiro atoms. The van der Waals surface area contributed by atoms with Crippen LogP contribution in [0.5, 0.6) is 0 Å². The Kier molecular flexibility index (Phi) is 10.3. The van der Waals surface area contributed by atoms with Crippen LogP contribution >= 0.6 is 23.4 Å². The molecule has 11 nitrogen and oxygen atoms in total. The first-order valence-electron chi connectivity index (χ1n) is 10.4. The molecule has 1 fully saturated rings. The molecular formula is C22H26ClNO10S. The molecular weight excluding hydrogens is 506 g/mol. The van der Waals surface area contributed by atoms with E-state index < -0.39 is 53.7 Å². The molecule has 5 atom stereocenters. The number of hydrogen-bond acceptors (Lipinski definition) is 11. The van der Waals surface area contributed by atoms with E-state index in [1.807, 2.05) is 0 Å². The summed E-state index contributed by atoms with van der Waals surface area (Å²) in [6.45, 7) is 5.61. The molecule has 0 aromatic heterocycles. The molecule has 1 aromatic rings. The molecule has 1 saturated heterocycles. The van der Waals surface area contributed by atoms with Crippen molar-refractivity contribution in [1.82, 2.24) is 0 Å². The maximum Gasteiger partial charge on any atom is 0.303 e. The van der Waals surface area contributed by atoms with E-state index in [0.29, 0.717) is 15.6 Å². The Morgan fingerprint density at radius 1 is 0.886 bits per heavy atom. The molecule has 0 saturated carbocycles. The van der Waals surface area contributed by atoms with Gasteiger partial charge in [-0.25, -0.2) is 0 Å². The summed E-state index contributed by atoms with van der Waals surface area (Å²) in [5.74, 6) is -3.13. The summed E-state index contributed by atoms with van der Waals surface area (Å²) in [6.07, 6.45) is -4.85. The van der Waals surface area contributed by atoms with Gasteiger partial charge in [-0.1, -0.05) is 23.4 Å². The highest BCUT2D eigenvalue weighted by Gasteiger charge is 2.52. The van der Waals surface area contributed by atoms with Gasteiger partial charge in [-0.05, 0) is 18.2 Å². The van der Waals surface area contributed by atoms with Crippen molar-refractivity contribution in [3.8, 4) is 0 Å². The molecule has 2 rings (SSSR count). The Morgan fingerprint density at radius 2 is 1.46 bits per heavy atom. The van der Waals surface area contributed by atoms with Gasteiger partial charge in [0.2, 0.25) is 5.91 Å². The minimum atomic E-state index is -1.29. The average Bonchev–Trinajstić information content (AvgIpc) is 2.71. The molecule has 1 N–H and O–H groups in total. The van der Waals surface area contributed by atoms with E-state index in [4.69, 9.17) is 35.3 Å². The third-order valence-corrected chi connectivity index (χ3v) is 5.90. The minimum Gasteiger partial charge on any atom is -0.463 e. The molecule has 1 amide bonds. The molecule has 1 aromatic carbocycles. The summed E-state index contributed by atoms with van der Waals surface area (Å²) in [6, 6.07) is 4.73. The second-order valence-electron chi connectivity index (χ2n) is 7.51. The first-order valence-corrected chi connectivity index (χ1v) is 11.7. The van der Waals surface area contributed by atoms with Crippen LogP contribution in [-0.4, -0.2) is 66.2 Å². The topological polar surface area (TPSA) is 144 Å². The van der Waals surface area contributed by atoms with Crippen molar-refractivity contribution in [2.24, 2.45) is 0 Å². The van der Waals surface area contributed by atoms with Crippen LogP contribution in [-0.2, 0) is 47.7 Å². The number of rotatable bonds is 8. The summed E-state index contributed by atoms with van der Waals surface area (Å²) in [4.78, 5) is 59.3. The van der Waals surface area contributed by atoms with Gasteiger partial charge in [-0.15, -0.1) is 0 Å². The normalized spacial score (nSPS) is 23.5. The van der Waals surface area contributed by atoms with Crippen LogP contribution in [0.2, 0.25) is 5.02 Å². The Labute approximate surface area is 211 Å². The smallest absolute Gasteiger partial charge is 0.303 e. The predicted molar refractivity (Wildman–Crippen MR) is 124 cm³/mol. The number of hydrogen-bond donors (Lipinski definition) is 1. The van der Waals surface area contributed by atoms with Gasteiger partial charge in [0.15, 0.2) is 18.3 Å². The van der Waals surface area contributed by atoms with Crippen molar-refractivity contribution in [2.45, 2.75) is 69.4 Å². The number of nitrogens with one attached hydrogen (secondary N) is 1. The van der Waals surface area contributed by atoms with Crippen molar-refractivity contribution < 1.29 is 47.7 Å². The fourth-order valence-corrected chi connectivity index (χ4v) is 4.65. The highest BCUT2D eigenvalue weighted by molar-refractivity contribution is 8.00. The molecule has 35 heavy (non-hydrogen) atoms. The number of benzene rings is 1. The second kappa shape index (κ2) is 12.8. The summed E-state index contributed by atoms with van der Waals surface area (Å²) in [7, 11) is 0. The first-order chi connectivity index (χ1) is 16.4. The largest absolute Gasteiger partial charge is 0.463 e. The number of anilines is 1. The standard InChI is InChI=1S/C22H26ClNO10S/c1-10(25)24-16-8-15(23)6-7-18(16)35-22-21(33-14(5)29)20(32-13(4)28)19(31-12(3)27)17(34-22)9-30-11(2)26/h6-8,17,19-22H,9H2,1-5H3,(H,24,25)/t17-,19+,20+,21+,22-/m0/s1. The van der Waals surface area contributed by atoms with Gasteiger partial charge in [-0.2, -0.15) is 0 Å². The Hall–Kier alpha value is -2.83. The van der Waals surface area contributed by atoms with Crippen LogP contribution in [0, 0.1) is 0 Å². The number of ether oxygens (including phenoxy) is 5. The molecule has 0 bridgehead atoms. The molecule has 13 heteroatoms. The highest BCUT2D eigenvalue weighted by atomic mass is 35.5. The monoisotopic (exact) mass is 531 g/mol. The van der Waals surface area contributed by atoms with Crippen molar-refractivity contribution in [2.75, 3.05) is 11.9 Å². The third-order valence-electron chi connectivity index (χ3n) is 4.44. The summed E-state index contributed by atoms with van der Waals surface area (Å²) < 4.78 is 27.3. The van der Waals surface area contributed by atoms with Gasteiger partial charge in [-0.3, -0.25) is 24.0 Å². The van der Waals surface area contributed by atoms with Gasteiger partial charge in [0.05, 0.1) is 5.69 Å². The van der Waals surface area contributed by atoms with E-state index in [1.165, 1.54) is 19.9 Å². The molecule has 0 radical (unpaired) electrons. The Bertz CT molecular complexity index is 987. The van der Waals surface area contributed by atoms with Crippen molar-refractivity contribution in [3.63, 3.8) is 0 Å². The molecule has 1 heterocycles. The highest BCUT2D eigenvalue weighted by Crippen LogP contribution is 2.40. The second-order valence-corrected chi connectivity index (χ2v) is 9.08. The summed E-state index contributed by atoms with van der Waals surface area (Å²) in [5, 5.41) is 3.02. The van der Waals surface area contributed by atoms with Crippen molar-refractivity contribution in [3.05, 3.63) is 23.2 Å². The zero-order valence-electron chi connectivity index (χ0n) is 19.7. The Balaban J connectivity index is 2.53. The van der Waals surface area contributed by atoms with Gasteiger partial charge < -0.3 is 29.0 Å². The molecule has 1 aliphatic rings. The Morgan fingerprint density at radius 3 is 2.00 bits per heavy atom. The zero-order valence-corrected chi connectivity index (χ0v) is 21.3. The van der Waals surface area contributed by atoms with Crippen LogP contribution in [0.4, 0.5) is 5.69 Å². The molecule has 192 valence electrons. The van der Waals surface area contributed by atoms with Crippen LogP contribution in [0.3, 0.4) is 0 Å². The molecule has 0 aliphatic carbocycles. The average molecular weight is 532 g/mol. The van der Waals surface area contributed by atoms with Crippen molar-refractivity contribution in [1.29, 1.82) is 0 Å². The van der Waals surface area contributed by atoms with Gasteiger partial charge in [0.1, 0.15) is 18.1 Å². The third kappa shape index (κ3) is 8.71. The minimum absolute atomic E-state index is 0.339. The van der Waals surface area contributed by atoms with Gasteiger partial charge in [0, 0.05) is 44.5 Å². The number of esters is 4. The molecule has 1 aliphatic heterocycles. The quantitative estimate of drug-likeness (QED) is 0.390. The predicted octanol–water partition coefficient (Wildman–Crippen LogP) is 2.47. The number of thioether (sulfide) groups is 1. The lowest BCUT2D eigenvalue weighted by molar-refractivity contribution is -0.237. The lowest BCUT2D eigenvalue weighted by Gasteiger charge is -2.44. The first kappa shape index (κ1) is 28.4. The lowest BCUT2D eigenvalue weighted by Crippen LogP contribution is -2.61. The fraction of sp³-hybridized carbons (Fsp3) is 0.500. The summed E-state index contributed by atoms with van der Waals surface area (Å²) >= 11 is 7.10. The van der Waals surface area contributed by atoms with Gasteiger partial charge >= 0.3 is 23.9 Å². The van der Waals surface area contributed by atoms with Crippen LogP contribution in [0.25, 0.3) is 0 Å². The van der Waals surface area contributed by atoms with Crippen LogP contribution in [0.1, 0.15) is 34.6 Å². The zero-order chi connectivity index (χ0) is 26.3. The SMILES string of the molecule is CC(=O)Nc1cc(Cl)ccc1S[C@@H]1O[C@@H](COC(C)=O)[C@@H](OC(C)=O)[C@@H](OC(C)=O)[C@H]1OC(C)=O. The van der Waals surface area contributed by atoms with E-state index in [9.17, 15) is 24.0 Å². The fourth-order valence-electron chi connectivity index (χ4n) is 3.30. The maximum absolute atomic E-state index is 11.9.